The largest absolute Gasteiger partial charge is 0.478 e. The lowest BCUT2D eigenvalue weighted by atomic mass is 9.94. The Bertz CT molecular complexity index is 603. The first-order valence-corrected chi connectivity index (χ1v) is 5.95. The van der Waals surface area contributed by atoms with E-state index in [0.717, 1.165) is 6.29 Å². The standard InChI is InChI=1S/C14H14N2O3/c1-2-10-11(14(18)19)6-9-4-3-8(7-17)5-12(9)16-13(10)15/h3-7,10H,2H2,1H3,(H2,15,16)(H,18,19). The zero-order valence-electron chi connectivity index (χ0n) is 10.5. The van der Waals surface area contributed by atoms with Gasteiger partial charge in [-0.25, -0.2) is 9.79 Å². The molecule has 0 radical (unpaired) electrons. The highest BCUT2D eigenvalue weighted by Crippen LogP contribution is 2.30. The van der Waals surface area contributed by atoms with Crippen LogP contribution in [0.4, 0.5) is 5.69 Å². The second kappa shape index (κ2) is 5.06. The van der Waals surface area contributed by atoms with Gasteiger partial charge in [0.15, 0.2) is 0 Å². The average Bonchev–Trinajstić information content (AvgIpc) is 2.53. The second-order valence-electron chi connectivity index (χ2n) is 4.34. The highest BCUT2D eigenvalue weighted by Gasteiger charge is 2.25. The Balaban J connectivity index is 2.65. The number of carboxylic acid groups (broad SMARTS) is 1. The van der Waals surface area contributed by atoms with Crippen LogP contribution in [0.25, 0.3) is 6.08 Å². The molecule has 0 saturated carbocycles. The number of amidine groups is 1. The second-order valence-corrected chi connectivity index (χ2v) is 4.34. The molecular formula is C14H14N2O3. The van der Waals surface area contributed by atoms with E-state index in [4.69, 9.17) is 5.73 Å². The molecule has 5 heteroatoms. The highest BCUT2D eigenvalue weighted by molar-refractivity contribution is 6.04. The van der Waals surface area contributed by atoms with Gasteiger partial charge in [-0.1, -0.05) is 19.1 Å². The van der Waals surface area contributed by atoms with Gasteiger partial charge in [-0.3, -0.25) is 4.79 Å². The van der Waals surface area contributed by atoms with Crippen molar-refractivity contribution in [3.63, 3.8) is 0 Å². The van der Waals surface area contributed by atoms with Crippen molar-refractivity contribution in [3.8, 4) is 0 Å². The Kier molecular flexibility index (Phi) is 3.46. The molecule has 1 aliphatic rings. The third-order valence-electron chi connectivity index (χ3n) is 3.14. The van der Waals surface area contributed by atoms with E-state index in [1.807, 2.05) is 6.92 Å². The van der Waals surface area contributed by atoms with Gasteiger partial charge in [0.2, 0.25) is 0 Å². The topological polar surface area (TPSA) is 92.7 Å². The minimum atomic E-state index is -1.00. The lowest BCUT2D eigenvalue weighted by Gasteiger charge is -2.13. The van der Waals surface area contributed by atoms with Crippen LogP contribution in [0.2, 0.25) is 0 Å². The van der Waals surface area contributed by atoms with Crippen molar-refractivity contribution in [1.29, 1.82) is 0 Å². The number of fused-ring (bicyclic) bond motifs is 1. The van der Waals surface area contributed by atoms with Gasteiger partial charge in [0, 0.05) is 22.6 Å². The number of nitrogens with zero attached hydrogens (tertiary/aromatic N) is 1. The van der Waals surface area contributed by atoms with Crippen molar-refractivity contribution in [2.45, 2.75) is 13.3 Å². The van der Waals surface area contributed by atoms with Gasteiger partial charge >= 0.3 is 5.97 Å². The van der Waals surface area contributed by atoms with Crippen LogP contribution in [-0.2, 0) is 4.79 Å². The van der Waals surface area contributed by atoms with E-state index in [9.17, 15) is 14.7 Å². The summed E-state index contributed by atoms with van der Waals surface area (Å²) in [7, 11) is 0. The zero-order chi connectivity index (χ0) is 14.0. The molecule has 0 saturated heterocycles. The van der Waals surface area contributed by atoms with Crippen LogP contribution in [0.5, 0.6) is 0 Å². The van der Waals surface area contributed by atoms with Crippen molar-refractivity contribution in [2.75, 3.05) is 0 Å². The van der Waals surface area contributed by atoms with Crippen LogP contribution in [0, 0.1) is 5.92 Å². The lowest BCUT2D eigenvalue weighted by Crippen LogP contribution is -2.27. The van der Waals surface area contributed by atoms with E-state index in [1.165, 1.54) is 0 Å². The molecule has 1 heterocycles. The quantitative estimate of drug-likeness (QED) is 0.811. The predicted molar refractivity (Wildman–Crippen MR) is 72.5 cm³/mol. The normalized spacial score (nSPS) is 17.8. The summed E-state index contributed by atoms with van der Waals surface area (Å²) in [5, 5.41) is 9.27. The average molecular weight is 258 g/mol. The van der Waals surface area contributed by atoms with Crippen LogP contribution in [0.3, 0.4) is 0 Å². The molecule has 5 nitrogen and oxygen atoms in total. The SMILES string of the molecule is CCC1C(C(=O)O)=Cc2ccc(C=O)cc2N=C1N. The molecule has 1 aliphatic heterocycles. The number of carbonyl (C=O) groups is 2. The molecule has 0 spiro atoms. The van der Waals surface area contributed by atoms with Gasteiger partial charge < -0.3 is 10.8 Å². The van der Waals surface area contributed by atoms with E-state index in [2.05, 4.69) is 4.99 Å². The first-order valence-electron chi connectivity index (χ1n) is 5.95. The molecule has 19 heavy (non-hydrogen) atoms. The molecule has 2 rings (SSSR count). The molecule has 1 aromatic rings. The van der Waals surface area contributed by atoms with E-state index in [0.29, 0.717) is 23.2 Å². The van der Waals surface area contributed by atoms with E-state index in [-0.39, 0.29) is 11.4 Å². The van der Waals surface area contributed by atoms with E-state index < -0.39 is 11.9 Å². The summed E-state index contributed by atoms with van der Waals surface area (Å²) in [6.45, 7) is 1.86. The minimum Gasteiger partial charge on any atom is -0.478 e. The van der Waals surface area contributed by atoms with Crippen molar-refractivity contribution in [1.82, 2.24) is 0 Å². The maximum absolute atomic E-state index is 11.3. The summed E-state index contributed by atoms with van der Waals surface area (Å²) in [5.74, 6) is -1.15. The maximum atomic E-state index is 11.3. The first kappa shape index (κ1) is 13.0. The molecule has 3 N–H and O–H groups in total. The Morgan fingerprint density at radius 1 is 1.53 bits per heavy atom. The summed E-state index contributed by atoms with van der Waals surface area (Å²) in [5.41, 5.74) is 7.77. The molecule has 0 aliphatic carbocycles. The van der Waals surface area contributed by atoms with Gasteiger partial charge in [-0.15, -0.1) is 0 Å². The molecule has 0 amide bonds. The summed E-state index contributed by atoms with van der Waals surface area (Å²) >= 11 is 0. The third kappa shape index (κ3) is 2.40. The number of benzene rings is 1. The van der Waals surface area contributed by atoms with Crippen molar-refractivity contribution >= 4 is 29.9 Å². The Morgan fingerprint density at radius 2 is 2.26 bits per heavy atom. The number of hydrogen-bond donors (Lipinski definition) is 2. The number of aldehydes is 1. The number of aliphatic imine (C=N–C) groups is 1. The predicted octanol–water partition coefficient (Wildman–Crippen LogP) is 2.00. The molecule has 1 unspecified atom stereocenters. The van der Waals surface area contributed by atoms with Crippen LogP contribution < -0.4 is 5.73 Å². The van der Waals surface area contributed by atoms with Crippen LogP contribution >= 0.6 is 0 Å². The van der Waals surface area contributed by atoms with Gasteiger partial charge in [-0.05, 0) is 18.6 Å². The summed E-state index contributed by atoms with van der Waals surface area (Å²) < 4.78 is 0. The van der Waals surface area contributed by atoms with Gasteiger partial charge in [0.05, 0.1) is 5.69 Å². The van der Waals surface area contributed by atoms with Gasteiger partial charge in [0.1, 0.15) is 12.1 Å². The first-order chi connectivity index (χ1) is 9.06. The molecule has 0 aromatic heterocycles. The number of carboxylic acids is 1. The fourth-order valence-corrected chi connectivity index (χ4v) is 2.14. The molecule has 0 fully saturated rings. The summed E-state index contributed by atoms with van der Waals surface area (Å²) in [6, 6.07) is 4.90. The van der Waals surface area contributed by atoms with Crippen molar-refractivity contribution in [3.05, 3.63) is 34.9 Å². The number of aliphatic carboxylic acids is 1. The minimum absolute atomic E-state index is 0.223. The van der Waals surface area contributed by atoms with Crippen molar-refractivity contribution < 1.29 is 14.7 Å². The zero-order valence-corrected chi connectivity index (χ0v) is 10.5. The third-order valence-corrected chi connectivity index (χ3v) is 3.14. The maximum Gasteiger partial charge on any atom is 0.332 e. The molecule has 1 atom stereocenters. The number of hydrogen-bond acceptors (Lipinski definition) is 4. The van der Waals surface area contributed by atoms with Gasteiger partial charge in [0.25, 0.3) is 0 Å². The number of rotatable bonds is 3. The molecule has 1 aromatic carbocycles. The van der Waals surface area contributed by atoms with Crippen molar-refractivity contribution in [2.24, 2.45) is 16.6 Å². The van der Waals surface area contributed by atoms with Gasteiger partial charge in [-0.2, -0.15) is 0 Å². The Hall–Kier alpha value is -2.43. The van der Waals surface area contributed by atoms with E-state index >= 15 is 0 Å². The van der Waals surface area contributed by atoms with Crippen LogP contribution in [0.1, 0.15) is 29.3 Å². The smallest absolute Gasteiger partial charge is 0.332 e. The lowest BCUT2D eigenvalue weighted by molar-refractivity contribution is -0.132. The van der Waals surface area contributed by atoms with Crippen LogP contribution in [-0.4, -0.2) is 23.2 Å². The monoisotopic (exact) mass is 258 g/mol. The number of carbonyl (C=O) groups excluding carboxylic acids is 1. The fourth-order valence-electron chi connectivity index (χ4n) is 2.14. The number of nitrogens with two attached hydrogens (primary N) is 1. The Labute approximate surface area is 110 Å². The Morgan fingerprint density at radius 3 is 2.84 bits per heavy atom. The fraction of sp³-hybridized carbons (Fsp3) is 0.214. The summed E-state index contributed by atoms with van der Waals surface area (Å²) in [4.78, 5) is 26.3. The summed E-state index contributed by atoms with van der Waals surface area (Å²) in [6.07, 6.45) is 2.85. The highest BCUT2D eigenvalue weighted by atomic mass is 16.4. The van der Waals surface area contributed by atoms with E-state index in [1.54, 1.807) is 24.3 Å². The molecular weight excluding hydrogens is 244 g/mol. The molecule has 98 valence electrons. The van der Waals surface area contributed by atoms with Crippen LogP contribution in [0.15, 0.2) is 28.8 Å². The molecule has 0 bridgehead atoms.